The average Bonchev–Trinajstić information content (AvgIpc) is 2.35. The van der Waals surface area contributed by atoms with E-state index in [1.54, 1.807) is 12.1 Å². The van der Waals surface area contributed by atoms with E-state index in [-0.39, 0.29) is 12.2 Å². The van der Waals surface area contributed by atoms with Gasteiger partial charge in [0.15, 0.2) is 0 Å². The average molecular weight is 330 g/mol. The third kappa shape index (κ3) is 4.93. The molecule has 5 heteroatoms. The highest BCUT2D eigenvalue weighted by Gasteiger charge is 2.13. The van der Waals surface area contributed by atoms with Gasteiger partial charge in [-0.1, -0.05) is 22.0 Å². The van der Waals surface area contributed by atoms with E-state index in [0.29, 0.717) is 6.04 Å². The van der Waals surface area contributed by atoms with Crippen molar-refractivity contribution in [3.8, 4) is 0 Å². The second-order valence-electron chi connectivity index (χ2n) is 4.75. The SMILES string of the molecule is CC(C)N(CCCO)Cc1ccc(C(=O)O)cc1Br. The van der Waals surface area contributed by atoms with Crippen LogP contribution in [0.2, 0.25) is 0 Å². The van der Waals surface area contributed by atoms with E-state index in [0.717, 1.165) is 29.5 Å². The van der Waals surface area contributed by atoms with Crippen molar-refractivity contribution in [1.29, 1.82) is 0 Å². The molecule has 106 valence electrons. The lowest BCUT2D eigenvalue weighted by Gasteiger charge is -2.26. The number of aliphatic hydroxyl groups is 1. The van der Waals surface area contributed by atoms with Crippen LogP contribution >= 0.6 is 15.9 Å². The lowest BCUT2D eigenvalue weighted by Crippen LogP contribution is -2.31. The van der Waals surface area contributed by atoms with E-state index in [1.165, 1.54) is 0 Å². The second-order valence-corrected chi connectivity index (χ2v) is 5.61. The van der Waals surface area contributed by atoms with Crippen LogP contribution < -0.4 is 0 Å². The highest BCUT2D eigenvalue weighted by Crippen LogP contribution is 2.21. The van der Waals surface area contributed by atoms with Gasteiger partial charge in [0.25, 0.3) is 0 Å². The summed E-state index contributed by atoms with van der Waals surface area (Å²) in [6, 6.07) is 5.45. The van der Waals surface area contributed by atoms with Crippen LogP contribution in [0.5, 0.6) is 0 Å². The smallest absolute Gasteiger partial charge is 0.335 e. The van der Waals surface area contributed by atoms with Crippen LogP contribution in [0.3, 0.4) is 0 Å². The monoisotopic (exact) mass is 329 g/mol. The Kier molecular flexibility index (Phi) is 6.48. The highest BCUT2D eigenvalue weighted by molar-refractivity contribution is 9.10. The fourth-order valence-corrected chi connectivity index (χ4v) is 2.33. The normalized spacial score (nSPS) is 11.3. The topological polar surface area (TPSA) is 60.8 Å². The van der Waals surface area contributed by atoms with Crippen LogP contribution in [-0.4, -0.2) is 40.3 Å². The Bertz CT molecular complexity index is 435. The molecule has 1 rings (SSSR count). The van der Waals surface area contributed by atoms with E-state index in [1.807, 2.05) is 6.07 Å². The number of carboxylic acid groups (broad SMARTS) is 1. The summed E-state index contributed by atoms with van der Waals surface area (Å²) in [4.78, 5) is 13.1. The van der Waals surface area contributed by atoms with Gasteiger partial charge < -0.3 is 10.2 Å². The third-order valence-electron chi connectivity index (χ3n) is 3.01. The van der Waals surface area contributed by atoms with Gasteiger partial charge in [0.05, 0.1) is 5.56 Å². The summed E-state index contributed by atoms with van der Waals surface area (Å²) >= 11 is 3.42. The van der Waals surface area contributed by atoms with Crippen molar-refractivity contribution in [3.63, 3.8) is 0 Å². The molecule has 0 saturated heterocycles. The van der Waals surface area contributed by atoms with Crippen LogP contribution in [0.25, 0.3) is 0 Å². The molecule has 0 spiro atoms. The molecular weight excluding hydrogens is 310 g/mol. The Balaban J connectivity index is 2.81. The van der Waals surface area contributed by atoms with Crippen LogP contribution in [0.15, 0.2) is 22.7 Å². The van der Waals surface area contributed by atoms with Crippen LogP contribution in [0.1, 0.15) is 36.2 Å². The molecule has 0 aliphatic carbocycles. The molecule has 0 saturated carbocycles. The largest absolute Gasteiger partial charge is 0.478 e. The lowest BCUT2D eigenvalue weighted by atomic mass is 10.1. The predicted octanol–water partition coefficient (Wildman–Crippen LogP) is 2.74. The molecule has 0 aliphatic heterocycles. The third-order valence-corrected chi connectivity index (χ3v) is 3.75. The van der Waals surface area contributed by atoms with Crippen molar-refractivity contribution in [2.24, 2.45) is 0 Å². The molecule has 4 nitrogen and oxygen atoms in total. The number of aromatic carboxylic acids is 1. The Morgan fingerprint density at radius 3 is 2.58 bits per heavy atom. The van der Waals surface area contributed by atoms with Crippen LogP contribution in [0.4, 0.5) is 0 Å². The molecule has 1 aromatic carbocycles. The van der Waals surface area contributed by atoms with E-state index in [9.17, 15) is 4.79 Å². The van der Waals surface area contributed by atoms with Crippen molar-refractivity contribution >= 4 is 21.9 Å². The fourth-order valence-electron chi connectivity index (χ4n) is 1.82. The van der Waals surface area contributed by atoms with Crippen LogP contribution in [-0.2, 0) is 6.54 Å². The van der Waals surface area contributed by atoms with Gasteiger partial charge in [-0.2, -0.15) is 0 Å². The number of rotatable bonds is 7. The summed E-state index contributed by atoms with van der Waals surface area (Å²) in [6.45, 7) is 5.95. The van der Waals surface area contributed by atoms with E-state index in [4.69, 9.17) is 10.2 Å². The Morgan fingerprint density at radius 1 is 1.42 bits per heavy atom. The molecule has 0 radical (unpaired) electrons. The molecule has 19 heavy (non-hydrogen) atoms. The van der Waals surface area contributed by atoms with Gasteiger partial charge in [-0.25, -0.2) is 4.79 Å². The lowest BCUT2D eigenvalue weighted by molar-refractivity contribution is 0.0696. The standard InChI is InChI=1S/C14H20BrNO3/c1-10(2)16(6-3-7-17)9-12-5-4-11(14(18)19)8-13(12)15/h4-5,8,10,17H,3,6-7,9H2,1-2H3,(H,18,19). The van der Waals surface area contributed by atoms with E-state index >= 15 is 0 Å². The number of carbonyl (C=O) groups is 1. The number of halogens is 1. The second kappa shape index (κ2) is 7.62. The van der Waals surface area contributed by atoms with Gasteiger partial charge in [0.2, 0.25) is 0 Å². The molecule has 2 N–H and O–H groups in total. The van der Waals surface area contributed by atoms with Crippen molar-refractivity contribution in [2.45, 2.75) is 32.9 Å². The summed E-state index contributed by atoms with van der Waals surface area (Å²) in [7, 11) is 0. The summed E-state index contributed by atoms with van der Waals surface area (Å²) in [5.74, 6) is -0.923. The summed E-state index contributed by atoms with van der Waals surface area (Å²) in [5, 5.41) is 17.8. The number of nitrogens with zero attached hydrogens (tertiary/aromatic N) is 1. The molecule has 0 heterocycles. The van der Waals surface area contributed by atoms with Gasteiger partial charge in [-0.05, 0) is 38.0 Å². The number of benzene rings is 1. The number of hydrogen-bond acceptors (Lipinski definition) is 3. The van der Waals surface area contributed by atoms with Crippen molar-refractivity contribution < 1.29 is 15.0 Å². The quantitative estimate of drug-likeness (QED) is 0.807. The number of aliphatic hydroxyl groups excluding tert-OH is 1. The van der Waals surface area contributed by atoms with Gasteiger partial charge in [-0.3, -0.25) is 4.90 Å². The first-order valence-corrected chi connectivity index (χ1v) is 7.11. The first-order chi connectivity index (χ1) is 8.95. The highest BCUT2D eigenvalue weighted by atomic mass is 79.9. The van der Waals surface area contributed by atoms with Crippen molar-refractivity contribution in [3.05, 3.63) is 33.8 Å². The van der Waals surface area contributed by atoms with Crippen LogP contribution in [0, 0.1) is 0 Å². The minimum Gasteiger partial charge on any atom is -0.478 e. The van der Waals surface area contributed by atoms with Gasteiger partial charge in [0.1, 0.15) is 0 Å². The Hall–Kier alpha value is -0.910. The zero-order valence-electron chi connectivity index (χ0n) is 11.3. The van der Waals surface area contributed by atoms with Crippen molar-refractivity contribution in [2.75, 3.05) is 13.2 Å². The van der Waals surface area contributed by atoms with E-state index < -0.39 is 5.97 Å². The summed E-state index contributed by atoms with van der Waals surface area (Å²) < 4.78 is 0.807. The maximum atomic E-state index is 10.9. The molecule has 0 aromatic heterocycles. The predicted molar refractivity (Wildman–Crippen MR) is 78.4 cm³/mol. The molecule has 0 amide bonds. The Labute approximate surface area is 122 Å². The maximum Gasteiger partial charge on any atom is 0.335 e. The minimum atomic E-state index is -0.923. The fraction of sp³-hybridized carbons (Fsp3) is 0.500. The molecule has 0 unspecified atom stereocenters. The summed E-state index contributed by atoms with van der Waals surface area (Å²) in [5.41, 5.74) is 1.33. The number of hydrogen-bond donors (Lipinski definition) is 2. The van der Waals surface area contributed by atoms with Gasteiger partial charge in [0, 0.05) is 30.2 Å². The number of carboxylic acids is 1. The minimum absolute atomic E-state index is 0.183. The molecule has 0 aliphatic rings. The zero-order valence-corrected chi connectivity index (χ0v) is 12.9. The first kappa shape index (κ1) is 16.1. The molecular formula is C14H20BrNO3. The molecule has 1 aromatic rings. The molecule has 0 fully saturated rings. The van der Waals surface area contributed by atoms with Crippen molar-refractivity contribution in [1.82, 2.24) is 4.90 Å². The summed E-state index contributed by atoms with van der Waals surface area (Å²) in [6.07, 6.45) is 0.739. The van der Waals surface area contributed by atoms with E-state index in [2.05, 4.69) is 34.7 Å². The van der Waals surface area contributed by atoms with Gasteiger partial charge >= 0.3 is 5.97 Å². The maximum absolute atomic E-state index is 10.9. The molecule has 0 bridgehead atoms. The first-order valence-electron chi connectivity index (χ1n) is 6.32. The Morgan fingerprint density at radius 2 is 2.11 bits per heavy atom. The van der Waals surface area contributed by atoms with Gasteiger partial charge in [-0.15, -0.1) is 0 Å². The molecule has 0 atom stereocenters. The zero-order chi connectivity index (χ0) is 14.4.